The molecule has 0 bridgehead atoms. The van der Waals surface area contributed by atoms with Crippen LogP contribution in [-0.4, -0.2) is 41.9 Å². The number of imide groups is 1. The van der Waals surface area contributed by atoms with Crippen molar-refractivity contribution in [3.63, 3.8) is 0 Å². The minimum absolute atomic E-state index is 0.101. The van der Waals surface area contributed by atoms with Gasteiger partial charge in [-0.3, -0.25) is 19.3 Å². The maximum atomic E-state index is 12.4. The van der Waals surface area contributed by atoms with Crippen molar-refractivity contribution in [2.75, 3.05) is 13.1 Å². The van der Waals surface area contributed by atoms with Crippen LogP contribution in [0.1, 0.15) is 40.8 Å². The van der Waals surface area contributed by atoms with Crippen LogP contribution in [0.5, 0.6) is 0 Å². The molecule has 1 aromatic carbocycles. The number of fused-ring (bicyclic) bond motifs is 1. The zero-order valence-corrected chi connectivity index (χ0v) is 15.4. The lowest BCUT2D eigenvalue weighted by Gasteiger charge is -2.13. The Morgan fingerprint density at radius 2 is 1.89 bits per heavy atom. The van der Waals surface area contributed by atoms with Gasteiger partial charge in [0.05, 0.1) is 16.0 Å². The van der Waals surface area contributed by atoms with Crippen LogP contribution < -0.4 is 11.1 Å². The Morgan fingerprint density at radius 3 is 2.44 bits per heavy atom. The minimum atomic E-state index is -0.345. The normalized spacial score (nSPS) is 13.7. The van der Waals surface area contributed by atoms with Gasteiger partial charge < -0.3 is 16.5 Å². The predicted octanol–water partition coefficient (Wildman–Crippen LogP) is 2.03. The number of carbonyl (C=O) groups excluding carboxylic acids is 3. The Labute approximate surface area is 160 Å². The van der Waals surface area contributed by atoms with Crippen LogP contribution in [0.2, 0.25) is 0 Å². The van der Waals surface area contributed by atoms with E-state index < -0.39 is 0 Å². The molecule has 0 fully saturated rings. The van der Waals surface area contributed by atoms with Gasteiger partial charge in [0.25, 0.3) is 17.7 Å². The van der Waals surface area contributed by atoms with Crippen LogP contribution in [-0.2, 0) is 0 Å². The van der Waals surface area contributed by atoms with Gasteiger partial charge in [-0.2, -0.15) is 0 Å². The molecule has 0 unspecified atom stereocenters. The summed E-state index contributed by atoms with van der Waals surface area (Å²) >= 11 is 1.30. The fourth-order valence-electron chi connectivity index (χ4n) is 2.91. The molecule has 2 heterocycles. The molecular formula is C19H18N4O3S. The second kappa shape index (κ2) is 7.55. The number of aryl methyl sites for hydroxylation is 1. The molecule has 0 radical (unpaired) electrons. The molecule has 0 aliphatic carbocycles. The molecule has 0 saturated heterocycles. The van der Waals surface area contributed by atoms with Gasteiger partial charge in [-0.15, -0.1) is 11.3 Å². The molecule has 1 aromatic heterocycles. The van der Waals surface area contributed by atoms with Gasteiger partial charge in [-0.1, -0.05) is 12.1 Å². The molecule has 4 N–H and O–H groups in total. The van der Waals surface area contributed by atoms with E-state index in [1.807, 2.05) is 6.92 Å². The molecule has 3 amide bonds. The van der Waals surface area contributed by atoms with Crippen molar-refractivity contribution in [2.45, 2.75) is 6.92 Å². The number of nitrogens with zero attached hydrogens (tertiary/aromatic N) is 1. The molecule has 0 spiro atoms. The van der Waals surface area contributed by atoms with Crippen molar-refractivity contribution in [3.8, 4) is 0 Å². The molecule has 8 heteroatoms. The fraction of sp³-hybridized carbons (Fsp3) is 0.158. The smallest absolute Gasteiger partial charge is 0.261 e. The number of rotatable bonds is 6. The SMILES string of the molecule is Cc1sc(C(=O)NCCN2C(=O)c3ccccc3C2=O)cc1C(C=N)=CN. The Balaban J connectivity index is 1.63. The standard InChI is InChI=1S/C19H18N4O3S/c1-11-15(12(9-20)10-21)8-16(27-11)17(24)22-6-7-23-18(25)13-4-2-3-5-14(13)19(23)26/h2-5,8-10,20H,6-7,21H2,1H3,(H,22,24). The Morgan fingerprint density at radius 1 is 1.26 bits per heavy atom. The first-order valence-corrected chi connectivity index (χ1v) is 9.06. The first-order valence-electron chi connectivity index (χ1n) is 8.24. The average Bonchev–Trinajstić information content (AvgIpc) is 3.17. The van der Waals surface area contributed by atoms with Gasteiger partial charge in [-0.05, 0) is 30.7 Å². The van der Waals surface area contributed by atoms with Crippen LogP contribution in [0, 0.1) is 12.3 Å². The number of hydrogen-bond donors (Lipinski definition) is 3. The highest BCUT2D eigenvalue weighted by Crippen LogP contribution is 2.26. The van der Waals surface area contributed by atoms with Gasteiger partial charge >= 0.3 is 0 Å². The van der Waals surface area contributed by atoms with Gasteiger partial charge in [0.2, 0.25) is 0 Å². The van der Waals surface area contributed by atoms with E-state index in [-0.39, 0.29) is 30.8 Å². The van der Waals surface area contributed by atoms with E-state index in [0.29, 0.717) is 21.6 Å². The lowest BCUT2D eigenvalue weighted by Crippen LogP contribution is -2.38. The quantitative estimate of drug-likeness (QED) is 0.523. The first-order chi connectivity index (χ1) is 13.0. The number of hydrogen-bond acceptors (Lipinski definition) is 6. The average molecular weight is 382 g/mol. The summed E-state index contributed by atoms with van der Waals surface area (Å²) in [4.78, 5) is 39.5. The van der Waals surface area contributed by atoms with Crippen molar-refractivity contribution < 1.29 is 14.4 Å². The van der Waals surface area contributed by atoms with E-state index in [2.05, 4.69) is 5.32 Å². The fourth-order valence-corrected chi connectivity index (χ4v) is 3.87. The number of nitrogens with two attached hydrogens (primary N) is 1. The van der Waals surface area contributed by atoms with Crippen LogP contribution in [0.4, 0.5) is 0 Å². The van der Waals surface area contributed by atoms with Crippen LogP contribution in [0.15, 0.2) is 36.5 Å². The van der Waals surface area contributed by atoms with Gasteiger partial charge in [0.1, 0.15) is 0 Å². The zero-order chi connectivity index (χ0) is 19.6. The topological polar surface area (TPSA) is 116 Å². The highest BCUT2D eigenvalue weighted by Gasteiger charge is 2.34. The van der Waals surface area contributed by atoms with Crippen LogP contribution in [0.3, 0.4) is 0 Å². The van der Waals surface area contributed by atoms with Crippen molar-refractivity contribution in [3.05, 3.63) is 63.0 Å². The summed E-state index contributed by atoms with van der Waals surface area (Å²) in [5.41, 5.74) is 7.56. The zero-order valence-electron chi connectivity index (χ0n) is 14.6. The Hall–Kier alpha value is -3.26. The summed E-state index contributed by atoms with van der Waals surface area (Å²) in [5, 5.41) is 10.1. The number of amides is 3. The highest BCUT2D eigenvalue weighted by molar-refractivity contribution is 7.14. The molecular weight excluding hydrogens is 364 g/mol. The lowest BCUT2D eigenvalue weighted by atomic mass is 10.1. The van der Waals surface area contributed by atoms with Gasteiger partial charge in [0, 0.05) is 36.0 Å². The molecule has 7 nitrogen and oxygen atoms in total. The second-order valence-electron chi connectivity index (χ2n) is 5.91. The summed E-state index contributed by atoms with van der Waals surface area (Å²) < 4.78 is 0. The summed E-state index contributed by atoms with van der Waals surface area (Å²) in [6.07, 6.45) is 2.46. The maximum absolute atomic E-state index is 12.4. The summed E-state index contributed by atoms with van der Waals surface area (Å²) in [6, 6.07) is 8.35. The number of benzene rings is 1. The van der Waals surface area contributed by atoms with Crippen molar-refractivity contribution in [1.82, 2.24) is 10.2 Å². The molecule has 138 valence electrons. The number of thiophene rings is 1. The number of allylic oxidation sites excluding steroid dienone is 1. The van der Waals surface area contributed by atoms with E-state index in [4.69, 9.17) is 11.1 Å². The van der Waals surface area contributed by atoms with E-state index in [1.54, 1.807) is 30.3 Å². The summed E-state index contributed by atoms with van der Waals surface area (Å²) in [7, 11) is 0. The third-order valence-corrected chi connectivity index (χ3v) is 5.34. The maximum Gasteiger partial charge on any atom is 0.261 e. The summed E-state index contributed by atoms with van der Waals surface area (Å²) in [5.74, 6) is -0.988. The Bertz CT molecular complexity index is 942. The van der Waals surface area contributed by atoms with Gasteiger partial charge in [-0.25, -0.2) is 0 Å². The molecule has 0 atom stereocenters. The van der Waals surface area contributed by atoms with Crippen molar-refractivity contribution in [1.29, 1.82) is 5.41 Å². The molecule has 1 aliphatic heterocycles. The summed E-state index contributed by atoms with van der Waals surface area (Å²) in [6.45, 7) is 2.10. The predicted molar refractivity (Wildman–Crippen MR) is 104 cm³/mol. The van der Waals surface area contributed by atoms with E-state index in [0.717, 1.165) is 21.6 Å². The van der Waals surface area contributed by atoms with E-state index in [1.165, 1.54) is 17.5 Å². The largest absolute Gasteiger partial charge is 0.404 e. The van der Waals surface area contributed by atoms with Crippen LogP contribution in [0.25, 0.3) is 5.57 Å². The monoisotopic (exact) mass is 382 g/mol. The Kier molecular flexibility index (Phi) is 5.18. The third kappa shape index (κ3) is 3.39. The number of nitrogens with one attached hydrogen (secondary N) is 2. The molecule has 1 aliphatic rings. The van der Waals surface area contributed by atoms with Gasteiger partial charge in [0.15, 0.2) is 0 Å². The molecule has 3 rings (SSSR count). The third-order valence-electron chi connectivity index (χ3n) is 4.29. The highest BCUT2D eigenvalue weighted by atomic mass is 32.1. The minimum Gasteiger partial charge on any atom is -0.404 e. The van der Waals surface area contributed by atoms with E-state index >= 15 is 0 Å². The molecule has 27 heavy (non-hydrogen) atoms. The second-order valence-corrected chi connectivity index (χ2v) is 7.17. The van der Waals surface area contributed by atoms with Crippen LogP contribution >= 0.6 is 11.3 Å². The number of carbonyl (C=O) groups is 3. The molecule has 2 aromatic rings. The van der Waals surface area contributed by atoms with E-state index in [9.17, 15) is 14.4 Å². The molecule has 0 saturated carbocycles. The van der Waals surface area contributed by atoms with Crippen molar-refractivity contribution >= 4 is 40.8 Å². The first kappa shape index (κ1) is 18.5. The van der Waals surface area contributed by atoms with Crippen molar-refractivity contribution in [2.24, 2.45) is 5.73 Å². The lowest BCUT2D eigenvalue weighted by molar-refractivity contribution is 0.0650.